The zero-order chi connectivity index (χ0) is 13.9. The molecular formula is C15H10BrNO3. The second kappa shape index (κ2) is 5.46. The van der Waals surface area contributed by atoms with Crippen LogP contribution in [0.15, 0.2) is 51.8 Å². The first kappa shape index (κ1) is 12.9. The molecule has 0 aliphatic rings. The lowest BCUT2D eigenvalue weighted by atomic mass is 10.1. The Morgan fingerprint density at radius 3 is 2.85 bits per heavy atom. The Balaban J connectivity index is 1.99. The van der Waals surface area contributed by atoms with Crippen molar-refractivity contribution in [2.24, 2.45) is 0 Å². The molecule has 0 saturated heterocycles. The molecule has 0 atom stereocenters. The Kier molecular flexibility index (Phi) is 3.52. The molecule has 0 N–H and O–H groups in total. The lowest BCUT2D eigenvalue weighted by Gasteiger charge is -2.10. The largest absolute Gasteiger partial charge is 0.487 e. The summed E-state index contributed by atoms with van der Waals surface area (Å²) < 4.78 is 11.9. The summed E-state index contributed by atoms with van der Waals surface area (Å²) in [5.41, 5.74) is 2.14. The fraction of sp³-hybridized carbons (Fsp3) is 0.0667. The van der Waals surface area contributed by atoms with E-state index in [9.17, 15) is 4.79 Å². The number of aldehydes is 1. The van der Waals surface area contributed by atoms with Crippen molar-refractivity contribution >= 4 is 33.2 Å². The van der Waals surface area contributed by atoms with E-state index in [0.717, 1.165) is 21.7 Å². The van der Waals surface area contributed by atoms with Crippen LogP contribution in [0.2, 0.25) is 0 Å². The third-order valence-corrected chi connectivity index (χ3v) is 3.52. The van der Waals surface area contributed by atoms with Crippen molar-refractivity contribution in [3.8, 4) is 5.75 Å². The van der Waals surface area contributed by atoms with Gasteiger partial charge in [-0.2, -0.15) is 0 Å². The number of carbonyl (C=O) groups excluding carboxylic acids is 1. The first-order valence-corrected chi connectivity index (χ1v) is 6.75. The van der Waals surface area contributed by atoms with Gasteiger partial charge in [-0.25, -0.2) is 0 Å². The fourth-order valence-electron chi connectivity index (χ4n) is 1.98. The molecule has 0 bridgehead atoms. The van der Waals surface area contributed by atoms with Gasteiger partial charge in [-0.1, -0.05) is 0 Å². The van der Waals surface area contributed by atoms with Gasteiger partial charge >= 0.3 is 0 Å². The number of nitrogens with zero attached hydrogens (tertiary/aromatic N) is 1. The van der Waals surface area contributed by atoms with Crippen LogP contribution in [0, 0.1) is 0 Å². The predicted octanol–water partition coefficient (Wildman–Crippen LogP) is 3.98. The Bertz CT molecular complexity index is 752. The first-order chi connectivity index (χ1) is 9.79. The van der Waals surface area contributed by atoms with E-state index in [-0.39, 0.29) is 0 Å². The van der Waals surface area contributed by atoms with E-state index in [4.69, 9.17) is 9.15 Å². The number of carbonyl (C=O) groups is 1. The molecule has 0 saturated carbocycles. The van der Waals surface area contributed by atoms with E-state index < -0.39 is 0 Å². The Hall–Kier alpha value is -2.14. The molecule has 3 rings (SSSR count). The average Bonchev–Trinajstić information content (AvgIpc) is 2.97. The predicted molar refractivity (Wildman–Crippen MR) is 77.9 cm³/mol. The molecular weight excluding hydrogens is 322 g/mol. The third kappa shape index (κ3) is 2.32. The SMILES string of the molecule is O=Cc1cc(Br)c2occc2c1OCc1ccncc1. The van der Waals surface area contributed by atoms with Gasteiger partial charge in [0.25, 0.3) is 0 Å². The zero-order valence-corrected chi connectivity index (χ0v) is 12.0. The maximum atomic E-state index is 11.2. The number of hydrogen-bond donors (Lipinski definition) is 0. The van der Waals surface area contributed by atoms with Crippen molar-refractivity contribution in [2.45, 2.75) is 6.61 Å². The van der Waals surface area contributed by atoms with E-state index in [2.05, 4.69) is 20.9 Å². The molecule has 0 unspecified atom stereocenters. The summed E-state index contributed by atoms with van der Waals surface area (Å²) in [5, 5.41) is 0.774. The maximum Gasteiger partial charge on any atom is 0.153 e. The maximum absolute atomic E-state index is 11.2. The van der Waals surface area contributed by atoms with Crippen LogP contribution in [0.25, 0.3) is 11.0 Å². The first-order valence-electron chi connectivity index (χ1n) is 5.96. The number of rotatable bonds is 4. The number of aromatic nitrogens is 1. The molecule has 2 heterocycles. The highest BCUT2D eigenvalue weighted by molar-refractivity contribution is 9.10. The number of furan rings is 1. The summed E-state index contributed by atoms with van der Waals surface area (Å²) in [7, 11) is 0. The van der Waals surface area contributed by atoms with Gasteiger partial charge in [0, 0.05) is 12.4 Å². The highest BCUT2D eigenvalue weighted by Gasteiger charge is 2.14. The monoisotopic (exact) mass is 331 g/mol. The highest BCUT2D eigenvalue weighted by atomic mass is 79.9. The number of benzene rings is 1. The molecule has 0 aliphatic heterocycles. The minimum Gasteiger partial charge on any atom is -0.487 e. The van der Waals surface area contributed by atoms with Gasteiger partial charge in [0.1, 0.15) is 12.4 Å². The van der Waals surface area contributed by atoms with Crippen molar-refractivity contribution in [1.29, 1.82) is 0 Å². The van der Waals surface area contributed by atoms with Gasteiger partial charge in [-0.3, -0.25) is 9.78 Å². The number of halogens is 1. The summed E-state index contributed by atoms with van der Waals surface area (Å²) in [5.74, 6) is 0.531. The van der Waals surface area contributed by atoms with E-state index in [1.54, 1.807) is 30.8 Å². The minimum atomic E-state index is 0.366. The quantitative estimate of drug-likeness (QED) is 0.678. The van der Waals surface area contributed by atoms with Gasteiger partial charge in [0.05, 0.1) is 21.7 Å². The number of hydrogen-bond acceptors (Lipinski definition) is 4. The van der Waals surface area contributed by atoms with Crippen LogP contribution in [0.4, 0.5) is 0 Å². The molecule has 0 spiro atoms. The lowest BCUT2D eigenvalue weighted by molar-refractivity contribution is 0.111. The van der Waals surface area contributed by atoms with E-state index in [0.29, 0.717) is 23.5 Å². The van der Waals surface area contributed by atoms with Crippen LogP contribution in [0.3, 0.4) is 0 Å². The lowest BCUT2D eigenvalue weighted by Crippen LogP contribution is -1.99. The summed E-state index contributed by atoms with van der Waals surface area (Å²) in [6.07, 6.45) is 5.76. The molecule has 100 valence electrons. The molecule has 5 heteroatoms. The van der Waals surface area contributed by atoms with Crippen molar-refractivity contribution in [2.75, 3.05) is 0 Å². The van der Waals surface area contributed by atoms with Crippen LogP contribution in [-0.4, -0.2) is 11.3 Å². The molecule has 3 aromatic rings. The number of ether oxygens (including phenoxy) is 1. The van der Waals surface area contributed by atoms with Crippen molar-refractivity contribution in [1.82, 2.24) is 4.98 Å². The minimum absolute atomic E-state index is 0.366. The van der Waals surface area contributed by atoms with Gasteiger partial charge in [0.15, 0.2) is 11.9 Å². The van der Waals surface area contributed by atoms with E-state index >= 15 is 0 Å². The summed E-state index contributed by atoms with van der Waals surface area (Å²) in [6.45, 7) is 0.366. The molecule has 0 amide bonds. The van der Waals surface area contributed by atoms with Gasteiger partial charge < -0.3 is 9.15 Å². The normalized spacial score (nSPS) is 10.7. The number of fused-ring (bicyclic) bond motifs is 1. The van der Waals surface area contributed by atoms with Crippen LogP contribution in [-0.2, 0) is 6.61 Å². The molecule has 20 heavy (non-hydrogen) atoms. The average molecular weight is 332 g/mol. The summed E-state index contributed by atoms with van der Waals surface area (Å²) in [4.78, 5) is 15.2. The van der Waals surface area contributed by atoms with Crippen molar-refractivity contribution in [3.05, 3.63) is 58.5 Å². The number of pyridine rings is 1. The van der Waals surface area contributed by atoms with Crippen LogP contribution in [0.1, 0.15) is 15.9 Å². The fourth-order valence-corrected chi connectivity index (χ4v) is 2.53. The molecule has 4 nitrogen and oxygen atoms in total. The van der Waals surface area contributed by atoms with Crippen LogP contribution in [0.5, 0.6) is 5.75 Å². The third-order valence-electron chi connectivity index (χ3n) is 2.93. The standard InChI is InChI=1S/C15H10BrNO3/c16-13-7-11(8-18)14(12-3-6-19-15(12)13)20-9-10-1-4-17-5-2-10/h1-8H,9H2. The smallest absolute Gasteiger partial charge is 0.153 e. The Morgan fingerprint density at radius 2 is 2.10 bits per heavy atom. The van der Waals surface area contributed by atoms with Crippen LogP contribution < -0.4 is 4.74 Å². The van der Waals surface area contributed by atoms with Crippen molar-refractivity contribution in [3.63, 3.8) is 0 Å². The zero-order valence-electron chi connectivity index (χ0n) is 10.4. The Labute approximate surface area is 123 Å². The van der Waals surface area contributed by atoms with Gasteiger partial charge in [-0.05, 0) is 45.8 Å². The second-order valence-electron chi connectivity index (χ2n) is 4.20. The molecule has 0 fully saturated rings. The van der Waals surface area contributed by atoms with E-state index in [1.165, 1.54) is 0 Å². The molecule has 0 radical (unpaired) electrons. The van der Waals surface area contributed by atoms with Crippen LogP contribution >= 0.6 is 15.9 Å². The second-order valence-corrected chi connectivity index (χ2v) is 5.06. The molecule has 2 aromatic heterocycles. The summed E-state index contributed by atoms with van der Waals surface area (Å²) in [6, 6.07) is 7.22. The highest BCUT2D eigenvalue weighted by Crippen LogP contribution is 2.35. The Morgan fingerprint density at radius 1 is 1.30 bits per heavy atom. The summed E-state index contributed by atoms with van der Waals surface area (Å²) >= 11 is 3.38. The topological polar surface area (TPSA) is 52.3 Å². The van der Waals surface area contributed by atoms with E-state index in [1.807, 2.05) is 12.1 Å². The molecule has 1 aromatic carbocycles. The van der Waals surface area contributed by atoms with Gasteiger partial charge in [0.2, 0.25) is 0 Å². The molecule has 0 aliphatic carbocycles. The van der Waals surface area contributed by atoms with Gasteiger partial charge in [-0.15, -0.1) is 0 Å². The van der Waals surface area contributed by atoms with Crippen molar-refractivity contribution < 1.29 is 13.9 Å².